The van der Waals surface area contributed by atoms with Crippen LogP contribution in [0.4, 0.5) is 11.4 Å². The smallest absolute Gasteiger partial charge is 0.0759 e. The molecule has 3 aromatic rings. The van der Waals surface area contributed by atoms with Crippen LogP contribution in [0.15, 0.2) is 54.7 Å². The van der Waals surface area contributed by atoms with Crippen LogP contribution in [0.3, 0.4) is 0 Å². The van der Waals surface area contributed by atoms with Crippen LogP contribution in [0, 0.1) is 0 Å². The van der Waals surface area contributed by atoms with Crippen molar-refractivity contribution in [3.63, 3.8) is 0 Å². The number of hydrogen-bond donors (Lipinski definition) is 2. The van der Waals surface area contributed by atoms with Crippen LogP contribution in [-0.2, 0) is 6.42 Å². The van der Waals surface area contributed by atoms with E-state index in [2.05, 4.69) is 23.2 Å². The van der Waals surface area contributed by atoms with Gasteiger partial charge in [0.15, 0.2) is 0 Å². The molecule has 1 heterocycles. The molecule has 4 N–H and O–H groups in total. The van der Waals surface area contributed by atoms with E-state index in [4.69, 9.17) is 11.5 Å². The highest BCUT2D eigenvalue weighted by Gasteiger charge is 2.07. The molecule has 0 saturated heterocycles. The quantitative estimate of drug-likeness (QED) is 0.733. The zero-order valence-corrected chi connectivity index (χ0v) is 10.5. The molecule has 0 saturated carbocycles. The van der Waals surface area contributed by atoms with Gasteiger partial charge in [-0.15, -0.1) is 0 Å². The van der Waals surface area contributed by atoms with Crippen LogP contribution >= 0.6 is 0 Å². The number of aromatic nitrogens is 1. The topological polar surface area (TPSA) is 64.9 Å². The van der Waals surface area contributed by atoms with Crippen LogP contribution in [0.5, 0.6) is 0 Å². The summed E-state index contributed by atoms with van der Waals surface area (Å²) in [6.07, 6.45) is 2.47. The second-order valence-corrected chi connectivity index (χ2v) is 4.60. The zero-order valence-electron chi connectivity index (χ0n) is 10.5. The third-order valence-electron chi connectivity index (χ3n) is 3.29. The predicted octanol–water partition coefficient (Wildman–Crippen LogP) is 2.99. The summed E-state index contributed by atoms with van der Waals surface area (Å²) in [6.45, 7) is 0. The first-order chi connectivity index (χ1) is 9.25. The van der Waals surface area contributed by atoms with Gasteiger partial charge in [-0.25, -0.2) is 0 Å². The summed E-state index contributed by atoms with van der Waals surface area (Å²) in [5, 5.41) is 0.924. The van der Waals surface area contributed by atoms with Crippen molar-refractivity contribution >= 4 is 22.3 Å². The normalized spacial score (nSPS) is 10.7. The molecule has 3 rings (SSSR count). The number of pyridine rings is 1. The Labute approximate surface area is 111 Å². The second kappa shape index (κ2) is 4.61. The Balaban J connectivity index is 2.12. The van der Waals surface area contributed by atoms with E-state index < -0.39 is 0 Å². The van der Waals surface area contributed by atoms with Gasteiger partial charge in [0.25, 0.3) is 0 Å². The largest absolute Gasteiger partial charge is 0.396 e. The van der Waals surface area contributed by atoms with Crippen molar-refractivity contribution in [2.75, 3.05) is 11.5 Å². The van der Waals surface area contributed by atoms with Crippen LogP contribution in [0.1, 0.15) is 11.1 Å². The highest BCUT2D eigenvalue weighted by atomic mass is 14.8. The number of nitrogens with zero attached hydrogens (tertiary/aromatic N) is 1. The van der Waals surface area contributed by atoms with Gasteiger partial charge >= 0.3 is 0 Å². The molecule has 19 heavy (non-hydrogen) atoms. The molecule has 0 aliphatic rings. The maximum atomic E-state index is 6.02. The molecule has 0 aliphatic carbocycles. The van der Waals surface area contributed by atoms with Crippen molar-refractivity contribution in [3.05, 3.63) is 65.9 Å². The Hall–Kier alpha value is -2.55. The maximum absolute atomic E-state index is 6.02. The molecular formula is C16H15N3. The van der Waals surface area contributed by atoms with Gasteiger partial charge in [-0.2, -0.15) is 0 Å². The summed E-state index contributed by atoms with van der Waals surface area (Å²) in [7, 11) is 0. The van der Waals surface area contributed by atoms with Gasteiger partial charge in [-0.3, -0.25) is 4.98 Å². The third-order valence-corrected chi connectivity index (χ3v) is 3.29. The molecular weight excluding hydrogens is 234 g/mol. The van der Waals surface area contributed by atoms with Gasteiger partial charge < -0.3 is 11.5 Å². The number of benzene rings is 2. The number of rotatable bonds is 2. The van der Waals surface area contributed by atoms with Crippen LogP contribution in [-0.4, -0.2) is 4.98 Å². The van der Waals surface area contributed by atoms with E-state index in [0.717, 1.165) is 22.9 Å². The van der Waals surface area contributed by atoms with Crippen molar-refractivity contribution in [1.29, 1.82) is 0 Å². The minimum Gasteiger partial charge on any atom is -0.396 e. The highest BCUT2D eigenvalue weighted by Crippen LogP contribution is 2.27. The van der Waals surface area contributed by atoms with E-state index >= 15 is 0 Å². The zero-order chi connectivity index (χ0) is 13.2. The van der Waals surface area contributed by atoms with E-state index in [-0.39, 0.29) is 0 Å². The van der Waals surface area contributed by atoms with Gasteiger partial charge in [0.1, 0.15) is 0 Å². The van der Waals surface area contributed by atoms with Gasteiger partial charge in [0, 0.05) is 5.39 Å². The summed E-state index contributed by atoms with van der Waals surface area (Å²) in [4.78, 5) is 4.43. The molecule has 0 unspecified atom stereocenters. The lowest BCUT2D eigenvalue weighted by atomic mass is 10.0. The molecule has 0 aliphatic heterocycles. The average Bonchev–Trinajstić information content (AvgIpc) is 2.45. The molecule has 0 spiro atoms. The SMILES string of the molecule is Nc1cnc2c(Cc3ccccc3)cccc2c1N. The van der Waals surface area contributed by atoms with Gasteiger partial charge in [0.2, 0.25) is 0 Å². The van der Waals surface area contributed by atoms with Gasteiger partial charge in [0.05, 0.1) is 23.1 Å². The first-order valence-corrected chi connectivity index (χ1v) is 6.21. The molecule has 0 amide bonds. The van der Waals surface area contributed by atoms with Crippen molar-refractivity contribution in [2.45, 2.75) is 6.42 Å². The Kier molecular flexibility index (Phi) is 2.80. The summed E-state index contributed by atoms with van der Waals surface area (Å²) in [5.41, 5.74) is 16.3. The minimum atomic E-state index is 0.532. The lowest BCUT2D eigenvalue weighted by Crippen LogP contribution is -1.99. The lowest BCUT2D eigenvalue weighted by Gasteiger charge is -2.09. The highest BCUT2D eigenvalue weighted by molar-refractivity contribution is 5.97. The number of para-hydroxylation sites is 1. The lowest BCUT2D eigenvalue weighted by molar-refractivity contribution is 1.19. The Morgan fingerprint density at radius 3 is 2.47 bits per heavy atom. The Morgan fingerprint density at radius 2 is 1.68 bits per heavy atom. The Morgan fingerprint density at radius 1 is 0.895 bits per heavy atom. The standard InChI is InChI=1S/C16H15N3/c17-14-10-19-16-12(7-4-8-13(16)15(14)18)9-11-5-2-1-3-6-11/h1-8,10H,9,17H2,(H2,18,19). The van der Waals surface area contributed by atoms with Crippen LogP contribution < -0.4 is 11.5 Å². The molecule has 94 valence electrons. The average molecular weight is 249 g/mol. The van der Waals surface area contributed by atoms with Crippen LogP contribution in [0.2, 0.25) is 0 Å². The van der Waals surface area contributed by atoms with Gasteiger partial charge in [-0.1, -0.05) is 48.5 Å². The first kappa shape index (κ1) is 11.5. The monoisotopic (exact) mass is 249 g/mol. The van der Waals surface area contributed by atoms with E-state index in [9.17, 15) is 0 Å². The number of fused-ring (bicyclic) bond motifs is 1. The minimum absolute atomic E-state index is 0.532. The molecule has 1 aromatic heterocycles. The van der Waals surface area contributed by atoms with E-state index in [1.54, 1.807) is 6.20 Å². The number of nitrogens with two attached hydrogens (primary N) is 2. The fraction of sp³-hybridized carbons (Fsp3) is 0.0625. The van der Waals surface area contributed by atoms with E-state index in [1.165, 1.54) is 5.56 Å². The number of anilines is 2. The molecule has 2 aromatic carbocycles. The van der Waals surface area contributed by atoms with Crippen LogP contribution in [0.25, 0.3) is 10.9 Å². The molecule has 0 bridgehead atoms. The predicted molar refractivity (Wildman–Crippen MR) is 79.8 cm³/mol. The maximum Gasteiger partial charge on any atom is 0.0759 e. The summed E-state index contributed by atoms with van der Waals surface area (Å²) in [6, 6.07) is 16.4. The van der Waals surface area contributed by atoms with Gasteiger partial charge in [-0.05, 0) is 17.5 Å². The molecule has 3 heteroatoms. The van der Waals surface area contributed by atoms with Crippen molar-refractivity contribution in [2.24, 2.45) is 0 Å². The first-order valence-electron chi connectivity index (χ1n) is 6.21. The second-order valence-electron chi connectivity index (χ2n) is 4.60. The molecule has 0 atom stereocenters. The molecule has 0 fully saturated rings. The molecule has 0 radical (unpaired) electrons. The summed E-state index contributed by atoms with van der Waals surface area (Å²) in [5.74, 6) is 0. The fourth-order valence-corrected chi connectivity index (χ4v) is 2.28. The van der Waals surface area contributed by atoms with E-state index in [0.29, 0.717) is 11.4 Å². The third kappa shape index (κ3) is 2.10. The van der Waals surface area contributed by atoms with Crippen molar-refractivity contribution in [3.8, 4) is 0 Å². The number of hydrogen-bond acceptors (Lipinski definition) is 3. The molecule has 3 nitrogen and oxygen atoms in total. The summed E-state index contributed by atoms with van der Waals surface area (Å²) >= 11 is 0. The number of nitrogen functional groups attached to an aromatic ring is 2. The fourth-order valence-electron chi connectivity index (χ4n) is 2.28. The van der Waals surface area contributed by atoms with Crippen molar-refractivity contribution in [1.82, 2.24) is 4.98 Å². The van der Waals surface area contributed by atoms with Crippen molar-refractivity contribution < 1.29 is 0 Å². The Bertz CT molecular complexity index is 721. The summed E-state index contributed by atoms with van der Waals surface area (Å²) < 4.78 is 0. The van der Waals surface area contributed by atoms with E-state index in [1.807, 2.05) is 30.3 Å².